The Hall–Kier alpha value is -2.54. The molecule has 12 nitrogen and oxygen atoms in total. The molecule has 1 aromatic heterocycles. The van der Waals surface area contributed by atoms with Crippen LogP contribution in [-0.4, -0.2) is 50.6 Å². The summed E-state index contributed by atoms with van der Waals surface area (Å²) in [6.07, 6.45) is -0.350. The lowest BCUT2D eigenvalue weighted by molar-refractivity contribution is -0.138. The molecule has 0 bridgehead atoms. The molecule has 3 rings (SSSR count). The van der Waals surface area contributed by atoms with E-state index in [0.29, 0.717) is 0 Å². The standard InChI is InChI=1S/C20H23BrN3O9P/c1-12(19(27)28)23-34(30,33-14-5-3-2-4-6-14)31-11-16-15(25)9-17(32-16)24-10-13(7-8-21)18(26)22-20(24)29/h2-8,10,12,15-17,25H,9,11H2,1H3,(H,23,30)(H,27,28)(H,22,26,29)/t12-,15?,16?,17?,34?/m0/s1. The van der Waals surface area contributed by atoms with Crippen molar-refractivity contribution in [3.8, 4) is 5.75 Å². The van der Waals surface area contributed by atoms with Crippen LogP contribution in [0.2, 0.25) is 0 Å². The van der Waals surface area contributed by atoms with Gasteiger partial charge in [0.15, 0.2) is 0 Å². The van der Waals surface area contributed by atoms with Crippen molar-refractivity contribution >= 4 is 35.7 Å². The smallest absolute Gasteiger partial charge is 0.459 e. The van der Waals surface area contributed by atoms with Gasteiger partial charge in [-0.05, 0) is 30.1 Å². The Kier molecular flexibility index (Phi) is 8.63. The number of aliphatic hydroxyl groups is 1. The van der Waals surface area contributed by atoms with Crippen LogP contribution in [0.4, 0.5) is 0 Å². The molecule has 1 aliphatic heterocycles. The molecule has 1 fully saturated rings. The second kappa shape index (κ2) is 11.3. The first kappa shape index (κ1) is 26.1. The summed E-state index contributed by atoms with van der Waals surface area (Å²) >= 11 is 3.06. The number of hydrogen-bond donors (Lipinski definition) is 4. The zero-order chi connectivity index (χ0) is 24.9. The van der Waals surface area contributed by atoms with Crippen LogP contribution < -0.4 is 20.9 Å². The molecule has 0 saturated carbocycles. The van der Waals surface area contributed by atoms with Gasteiger partial charge in [-0.1, -0.05) is 34.1 Å². The van der Waals surface area contributed by atoms with E-state index in [4.69, 9.17) is 13.8 Å². The Labute approximate surface area is 201 Å². The number of carboxylic acids is 1. The topological polar surface area (TPSA) is 169 Å². The molecule has 34 heavy (non-hydrogen) atoms. The van der Waals surface area contributed by atoms with Crippen LogP contribution in [0, 0.1) is 0 Å². The van der Waals surface area contributed by atoms with E-state index < -0.39 is 56.0 Å². The number of benzene rings is 1. The number of aromatic nitrogens is 2. The molecule has 2 heterocycles. The van der Waals surface area contributed by atoms with E-state index in [1.54, 1.807) is 18.2 Å². The van der Waals surface area contributed by atoms with Crippen molar-refractivity contribution in [1.82, 2.24) is 14.6 Å². The average molecular weight is 560 g/mol. The SMILES string of the molecule is C[C@H](NP(=O)(OCC1OC(n2cc(C=CBr)c(=O)[nH]c2=O)CC1O)Oc1ccccc1)C(=O)O. The number of nitrogens with one attached hydrogen (secondary N) is 2. The lowest BCUT2D eigenvalue weighted by Crippen LogP contribution is -2.35. The number of aliphatic hydroxyl groups excluding tert-OH is 1. The molecule has 0 amide bonds. The molecular formula is C20H23BrN3O9P. The maximum Gasteiger partial charge on any atom is 0.459 e. The highest BCUT2D eigenvalue weighted by atomic mass is 79.9. The van der Waals surface area contributed by atoms with E-state index in [1.807, 2.05) is 0 Å². The lowest BCUT2D eigenvalue weighted by atomic mass is 10.2. The largest absolute Gasteiger partial charge is 0.480 e. The first-order valence-electron chi connectivity index (χ1n) is 10.1. The number of carbonyl (C=O) groups is 1. The molecule has 4 unspecified atom stereocenters. The third-order valence-corrected chi connectivity index (χ3v) is 6.76. The number of ether oxygens (including phenoxy) is 1. The summed E-state index contributed by atoms with van der Waals surface area (Å²) < 4.78 is 30.9. The van der Waals surface area contributed by atoms with E-state index in [2.05, 4.69) is 26.0 Å². The lowest BCUT2D eigenvalue weighted by Gasteiger charge is -2.24. The number of aliphatic carboxylic acids is 1. The van der Waals surface area contributed by atoms with Gasteiger partial charge < -0.3 is 19.5 Å². The third-order valence-electron chi connectivity index (χ3n) is 4.85. The summed E-state index contributed by atoms with van der Waals surface area (Å²) in [5.74, 6) is -1.10. The predicted molar refractivity (Wildman–Crippen MR) is 125 cm³/mol. The van der Waals surface area contributed by atoms with E-state index in [-0.39, 0.29) is 17.7 Å². The van der Waals surface area contributed by atoms with Gasteiger partial charge in [0.25, 0.3) is 5.56 Å². The number of H-pyrrole nitrogens is 1. The Morgan fingerprint density at radius 2 is 2.12 bits per heavy atom. The highest BCUT2D eigenvalue weighted by Crippen LogP contribution is 2.45. The van der Waals surface area contributed by atoms with Gasteiger partial charge in [0.1, 0.15) is 24.1 Å². The van der Waals surface area contributed by atoms with Crippen molar-refractivity contribution < 1.29 is 33.4 Å². The fourth-order valence-electron chi connectivity index (χ4n) is 3.11. The Bertz CT molecular complexity index is 1200. The molecule has 14 heteroatoms. The zero-order valence-corrected chi connectivity index (χ0v) is 20.3. The van der Waals surface area contributed by atoms with Gasteiger partial charge >= 0.3 is 19.4 Å². The normalized spacial score (nSPS) is 23.0. The second-order valence-corrected chi connectivity index (χ2v) is 9.59. The van der Waals surface area contributed by atoms with Crippen molar-refractivity contribution in [3.05, 3.63) is 67.9 Å². The molecule has 2 aromatic rings. The van der Waals surface area contributed by atoms with E-state index in [0.717, 1.165) is 4.57 Å². The maximum atomic E-state index is 13.3. The fourth-order valence-corrected chi connectivity index (χ4v) is 4.90. The highest BCUT2D eigenvalue weighted by Gasteiger charge is 2.39. The monoisotopic (exact) mass is 559 g/mol. The molecule has 0 radical (unpaired) electrons. The summed E-state index contributed by atoms with van der Waals surface area (Å²) in [4.78, 5) is 39.0. The van der Waals surface area contributed by atoms with Crippen molar-refractivity contribution in [2.75, 3.05) is 6.61 Å². The minimum Gasteiger partial charge on any atom is -0.480 e. The average Bonchev–Trinajstić information content (AvgIpc) is 3.15. The Morgan fingerprint density at radius 3 is 2.76 bits per heavy atom. The summed E-state index contributed by atoms with van der Waals surface area (Å²) in [6, 6.07) is 6.75. The number of aromatic amines is 1. The molecular weight excluding hydrogens is 537 g/mol. The first-order valence-corrected chi connectivity index (χ1v) is 12.5. The Balaban J connectivity index is 1.75. The zero-order valence-electron chi connectivity index (χ0n) is 17.9. The van der Waals surface area contributed by atoms with Gasteiger partial charge in [-0.25, -0.2) is 9.36 Å². The molecule has 184 valence electrons. The van der Waals surface area contributed by atoms with Gasteiger partial charge in [0.05, 0.1) is 18.3 Å². The number of nitrogens with zero attached hydrogens (tertiary/aromatic N) is 1. The number of rotatable bonds is 10. The van der Waals surface area contributed by atoms with Crippen LogP contribution in [0.3, 0.4) is 0 Å². The van der Waals surface area contributed by atoms with E-state index in [1.165, 1.54) is 36.3 Å². The van der Waals surface area contributed by atoms with Crippen LogP contribution in [0.5, 0.6) is 5.75 Å². The second-order valence-electron chi connectivity index (χ2n) is 7.36. The van der Waals surface area contributed by atoms with Crippen molar-refractivity contribution in [2.45, 2.75) is 37.8 Å². The first-order chi connectivity index (χ1) is 16.1. The molecule has 4 N–H and O–H groups in total. The Morgan fingerprint density at radius 1 is 1.41 bits per heavy atom. The predicted octanol–water partition coefficient (Wildman–Crippen LogP) is 1.82. The molecule has 0 aliphatic carbocycles. The summed E-state index contributed by atoms with van der Waals surface area (Å²) in [6.45, 7) is 0.832. The summed E-state index contributed by atoms with van der Waals surface area (Å²) in [5.41, 5.74) is -1.14. The molecule has 1 aromatic carbocycles. The summed E-state index contributed by atoms with van der Waals surface area (Å²) in [5, 5.41) is 21.9. The van der Waals surface area contributed by atoms with E-state index >= 15 is 0 Å². The number of para-hydroxylation sites is 1. The van der Waals surface area contributed by atoms with Crippen LogP contribution in [-0.2, 0) is 18.6 Å². The highest BCUT2D eigenvalue weighted by molar-refractivity contribution is 9.11. The number of carboxylic acid groups (broad SMARTS) is 1. The van der Waals surface area contributed by atoms with E-state index in [9.17, 15) is 29.2 Å². The van der Waals surface area contributed by atoms with Crippen LogP contribution >= 0.6 is 23.7 Å². The van der Waals surface area contributed by atoms with Gasteiger partial charge in [-0.15, -0.1) is 0 Å². The molecule has 1 saturated heterocycles. The third kappa shape index (κ3) is 6.53. The molecule has 5 atom stereocenters. The minimum absolute atomic E-state index is 0.0136. The van der Waals surface area contributed by atoms with Crippen molar-refractivity contribution in [2.24, 2.45) is 0 Å². The molecule has 0 spiro atoms. The van der Waals surface area contributed by atoms with Gasteiger partial charge in [-0.2, -0.15) is 5.09 Å². The van der Waals surface area contributed by atoms with Gasteiger partial charge in [-0.3, -0.25) is 23.7 Å². The van der Waals surface area contributed by atoms with Crippen molar-refractivity contribution in [1.29, 1.82) is 0 Å². The maximum absolute atomic E-state index is 13.3. The summed E-state index contributed by atoms with van der Waals surface area (Å²) in [7, 11) is -4.21. The number of halogens is 1. The van der Waals surface area contributed by atoms with Crippen LogP contribution in [0.15, 0.2) is 51.1 Å². The fraction of sp³-hybridized carbons (Fsp3) is 0.350. The number of hydrogen-bond acceptors (Lipinski definition) is 8. The minimum atomic E-state index is -4.21. The van der Waals surface area contributed by atoms with Crippen LogP contribution in [0.1, 0.15) is 25.1 Å². The van der Waals surface area contributed by atoms with Crippen LogP contribution in [0.25, 0.3) is 6.08 Å². The quantitative estimate of drug-likeness (QED) is 0.315. The van der Waals surface area contributed by atoms with Gasteiger partial charge in [0.2, 0.25) is 0 Å². The molecule has 1 aliphatic rings. The van der Waals surface area contributed by atoms with Gasteiger partial charge in [0, 0.05) is 12.6 Å². The van der Waals surface area contributed by atoms with Crippen molar-refractivity contribution in [3.63, 3.8) is 0 Å².